The van der Waals surface area contributed by atoms with E-state index in [-0.39, 0.29) is 17.1 Å². The van der Waals surface area contributed by atoms with E-state index in [1.165, 1.54) is 25.4 Å². The molecule has 1 aromatic carbocycles. The number of amides is 1. The molecule has 1 spiro atoms. The van der Waals surface area contributed by atoms with Crippen LogP contribution in [0.25, 0.3) is 11.1 Å². The molecule has 0 radical (unpaired) electrons. The van der Waals surface area contributed by atoms with Crippen molar-refractivity contribution in [3.05, 3.63) is 60.8 Å². The van der Waals surface area contributed by atoms with Crippen LogP contribution in [0.5, 0.6) is 11.6 Å². The predicted octanol–water partition coefficient (Wildman–Crippen LogP) is 5.31. The Hall–Kier alpha value is -4.85. The van der Waals surface area contributed by atoms with Gasteiger partial charge in [-0.25, -0.2) is 24.3 Å². The maximum atomic E-state index is 14.6. The lowest BCUT2D eigenvalue weighted by molar-refractivity contribution is -0.114. The van der Waals surface area contributed by atoms with Gasteiger partial charge in [0.25, 0.3) is 5.88 Å². The molecule has 260 valence electrons. The summed E-state index contributed by atoms with van der Waals surface area (Å²) in [6.45, 7) is 9.90. The number of aromatic nitrogens is 7. The normalized spacial score (nSPS) is 21.8. The number of nitrogens with zero attached hydrogens (tertiary/aromatic N) is 9. The molecule has 2 aliphatic carbocycles. The Kier molecular flexibility index (Phi) is 8.49. The monoisotopic (exact) mass is 679 g/mol. The van der Waals surface area contributed by atoms with Crippen molar-refractivity contribution >= 4 is 23.5 Å². The molecule has 1 atom stereocenters. The van der Waals surface area contributed by atoms with Gasteiger partial charge in [0, 0.05) is 80.0 Å². The van der Waals surface area contributed by atoms with E-state index in [0.717, 1.165) is 75.4 Å². The highest BCUT2D eigenvalue weighted by Crippen LogP contribution is 2.49. The highest BCUT2D eigenvalue weighted by molar-refractivity contribution is 5.86. The fraction of sp³-hybridized carbons (Fsp3) is 0.500. The Morgan fingerprint density at radius 2 is 1.90 bits per heavy atom. The third-order valence-electron chi connectivity index (χ3n) is 10.6. The van der Waals surface area contributed by atoms with Gasteiger partial charge in [-0.2, -0.15) is 4.98 Å². The molecule has 4 aromatic rings. The van der Waals surface area contributed by atoms with Crippen molar-refractivity contribution < 1.29 is 13.9 Å². The summed E-state index contributed by atoms with van der Waals surface area (Å²) in [5.41, 5.74) is 2.47. The van der Waals surface area contributed by atoms with Crippen molar-refractivity contribution in [1.29, 1.82) is 0 Å². The summed E-state index contributed by atoms with van der Waals surface area (Å²) in [6.07, 6.45) is 11.7. The standard InChI is InChI=1S/C36H42FN11O2/c1-21(2)32(24-12-26(13-24)44-30-8-10-39-35(45-30)43-22(3)49)48-17-36(18-48)9-11-47(16-36)33-34(46-42-20-41-33)50-29-7-6-25(37)14-27(29)28-15-38-19-40-31(28)23-4-5-23/h6-8,10,14-15,19-21,23-24,26,32H,4-5,9,11-13,16-18H2,1-3H3,(H2,39,43,44,45,49)/t24?,26?,32-/m1/s1. The summed E-state index contributed by atoms with van der Waals surface area (Å²) in [6, 6.07) is 7.19. The molecule has 3 aromatic heterocycles. The minimum Gasteiger partial charge on any atom is -0.434 e. The van der Waals surface area contributed by atoms with Crippen molar-refractivity contribution in [2.75, 3.05) is 41.7 Å². The number of anilines is 3. The highest BCUT2D eigenvalue weighted by atomic mass is 19.1. The fourth-order valence-corrected chi connectivity index (χ4v) is 8.26. The van der Waals surface area contributed by atoms with Gasteiger partial charge < -0.3 is 15.0 Å². The molecule has 50 heavy (non-hydrogen) atoms. The number of carbonyl (C=O) groups excluding carboxylic acids is 1. The third kappa shape index (κ3) is 6.55. The van der Waals surface area contributed by atoms with Crippen LogP contribution in [-0.4, -0.2) is 84.2 Å². The Labute approximate surface area is 290 Å². The van der Waals surface area contributed by atoms with Gasteiger partial charge in [0.2, 0.25) is 11.9 Å². The van der Waals surface area contributed by atoms with Crippen molar-refractivity contribution in [3.63, 3.8) is 0 Å². The smallest absolute Gasteiger partial charge is 0.282 e. The summed E-state index contributed by atoms with van der Waals surface area (Å²) in [5, 5.41) is 14.6. The van der Waals surface area contributed by atoms with E-state index in [2.05, 4.69) is 69.4 Å². The van der Waals surface area contributed by atoms with E-state index in [9.17, 15) is 9.18 Å². The molecular formula is C36H42FN11O2. The molecule has 2 aliphatic heterocycles. The lowest BCUT2D eigenvalue weighted by Crippen LogP contribution is -2.65. The van der Waals surface area contributed by atoms with Gasteiger partial charge in [0.15, 0.2) is 5.82 Å². The molecule has 2 saturated carbocycles. The first kappa shape index (κ1) is 32.4. The van der Waals surface area contributed by atoms with Gasteiger partial charge in [-0.3, -0.25) is 15.0 Å². The zero-order valence-corrected chi connectivity index (χ0v) is 28.6. The largest absolute Gasteiger partial charge is 0.434 e. The number of ether oxygens (including phenoxy) is 1. The molecule has 0 bridgehead atoms. The lowest BCUT2D eigenvalue weighted by Gasteiger charge is -2.57. The number of halogens is 1. The van der Waals surface area contributed by atoms with Crippen LogP contribution in [-0.2, 0) is 4.79 Å². The van der Waals surface area contributed by atoms with E-state index in [4.69, 9.17) is 4.74 Å². The van der Waals surface area contributed by atoms with Gasteiger partial charge in [0.1, 0.15) is 30.0 Å². The summed E-state index contributed by atoms with van der Waals surface area (Å²) >= 11 is 0. The molecule has 2 N–H and O–H groups in total. The van der Waals surface area contributed by atoms with Crippen LogP contribution in [0.15, 0.2) is 49.3 Å². The van der Waals surface area contributed by atoms with E-state index < -0.39 is 0 Å². The van der Waals surface area contributed by atoms with Crippen molar-refractivity contribution in [3.8, 4) is 22.8 Å². The Morgan fingerprint density at radius 3 is 2.68 bits per heavy atom. The number of carbonyl (C=O) groups is 1. The average molecular weight is 680 g/mol. The number of hydrogen-bond acceptors (Lipinski definition) is 12. The second kappa shape index (κ2) is 13.1. The predicted molar refractivity (Wildman–Crippen MR) is 185 cm³/mol. The molecular weight excluding hydrogens is 637 g/mol. The van der Waals surface area contributed by atoms with Crippen LogP contribution in [0.1, 0.15) is 64.5 Å². The minimum atomic E-state index is -0.358. The maximum Gasteiger partial charge on any atom is 0.282 e. The topological polar surface area (TPSA) is 147 Å². The number of likely N-dealkylation sites (tertiary alicyclic amines) is 1. The van der Waals surface area contributed by atoms with Gasteiger partial charge in [-0.05, 0) is 68.2 Å². The summed E-state index contributed by atoms with van der Waals surface area (Å²) in [5.74, 6) is 3.42. The minimum absolute atomic E-state index is 0.180. The number of nitrogens with one attached hydrogen (secondary N) is 2. The first-order chi connectivity index (χ1) is 24.2. The van der Waals surface area contributed by atoms with Crippen LogP contribution in [0.2, 0.25) is 0 Å². The SMILES string of the molecule is CC(=O)Nc1nccc(NC2CC([C@@H](C(C)C)N3CC4(CCN(c5ncnnc5Oc5ccc(F)cc5-c5cncnc5C5CC5)C4)C3)C2)n1. The third-order valence-corrected chi connectivity index (χ3v) is 10.6. The van der Waals surface area contributed by atoms with Crippen LogP contribution in [0.3, 0.4) is 0 Å². The van der Waals surface area contributed by atoms with Crippen LogP contribution in [0, 0.1) is 23.1 Å². The Bertz CT molecular complexity index is 1880. The number of rotatable bonds is 11. The summed E-state index contributed by atoms with van der Waals surface area (Å²) < 4.78 is 21.0. The van der Waals surface area contributed by atoms with E-state index in [1.807, 2.05) is 6.07 Å². The first-order valence-corrected chi connectivity index (χ1v) is 17.6. The highest BCUT2D eigenvalue weighted by Gasteiger charge is 2.53. The zero-order chi connectivity index (χ0) is 34.4. The maximum absolute atomic E-state index is 14.6. The van der Waals surface area contributed by atoms with E-state index >= 15 is 0 Å². The molecule has 2 saturated heterocycles. The van der Waals surface area contributed by atoms with Crippen LogP contribution < -0.4 is 20.3 Å². The molecule has 0 unspecified atom stereocenters. The number of benzene rings is 1. The second-order valence-electron chi connectivity index (χ2n) is 14.8. The molecule has 8 rings (SSSR count). The molecule has 4 fully saturated rings. The second-order valence-corrected chi connectivity index (χ2v) is 14.8. The van der Waals surface area contributed by atoms with Gasteiger partial charge >= 0.3 is 0 Å². The molecule has 5 heterocycles. The van der Waals surface area contributed by atoms with Crippen molar-refractivity contribution in [1.82, 2.24) is 40.0 Å². The number of hydrogen-bond donors (Lipinski definition) is 2. The van der Waals surface area contributed by atoms with Crippen LogP contribution >= 0.6 is 0 Å². The average Bonchev–Trinajstić information content (AvgIpc) is 3.82. The van der Waals surface area contributed by atoms with Gasteiger partial charge in [-0.1, -0.05) is 13.8 Å². The quantitative estimate of drug-likeness (QED) is 0.212. The zero-order valence-electron chi connectivity index (χ0n) is 28.6. The Balaban J connectivity index is 0.916. The summed E-state index contributed by atoms with van der Waals surface area (Å²) in [7, 11) is 0. The van der Waals surface area contributed by atoms with Crippen LogP contribution in [0.4, 0.5) is 22.0 Å². The molecule has 4 aliphatic rings. The van der Waals surface area contributed by atoms with Crippen molar-refractivity contribution in [2.45, 2.75) is 70.9 Å². The van der Waals surface area contributed by atoms with E-state index in [1.54, 1.807) is 24.8 Å². The first-order valence-electron chi connectivity index (χ1n) is 17.6. The fourth-order valence-electron chi connectivity index (χ4n) is 8.26. The van der Waals surface area contributed by atoms with Gasteiger partial charge in [-0.15, -0.1) is 10.2 Å². The Morgan fingerprint density at radius 1 is 1.06 bits per heavy atom. The van der Waals surface area contributed by atoms with E-state index in [0.29, 0.717) is 58.8 Å². The lowest BCUT2D eigenvalue weighted by atomic mass is 9.68. The summed E-state index contributed by atoms with van der Waals surface area (Å²) in [4.78, 5) is 38.3. The molecule has 14 heteroatoms. The van der Waals surface area contributed by atoms with Crippen molar-refractivity contribution in [2.24, 2.45) is 17.3 Å². The molecule has 1 amide bonds. The molecule has 13 nitrogen and oxygen atoms in total. The van der Waals surface area contributed by atoms with Gasteiger partial charge in [0.05, 0.1) is 5.69 Å².